The van der Waals surface area contributed by atoms with Crippen molar-refractivity contribution in [2.45, 2.75) is 25.8 Å². The number of hydrogen-bond acceptors (Lipinski definition) is 2. The van der Waals surface area contributed by atoms with Crippen molar-refractivity contribution in [2.24, 2.45) is 0 Å². The molecule has 0 spiro atoms. The monoisotopic (exact) mass is 285 g/mol. The lowest BCUT2D eigenvalue weighted by Crippen LogP contribution is -2.37. The molecule has 0 heterocycles. The van der Waals surface area contributed by atoms with E-state index in [4.69, 9.17) is 5.11 Å². The van der Waals surface area contributed by atoms with Gasteiger partial charge in [-0.3, -0.25) is 4.79 Å². The van der Waals surface area contributed by atoms with Crippen LogP contribution in [0.4, 0.5) is 0 Å². The Morgan fingerprint density at radius 1 is 1.50 bits per heavy atom. The molecule has 0 radical (unpaired) electrons. The number of halogens is 1. The summed E-state index contributed by atoms with van der Waals surface area (Å²) in [6.07, 6.45) is 1.07. The van der Waals surface area contributed by atoms with Gasteiger partial charge in [-0.05, 0) is 18.1 Å². The minimum atomic E-state index is -0.144. The van der Waals surface area contributed by atoms with E-state index in [1.54, 1.807) is 0 Å². The second-order valence-corrected chi connectivity index (χ2v) is 4.48. The highest BCUT2D eigenvalue weighted by Crippen LogP contribution is 2.16. The van der Waals surface area contributed by atoms with Crippen LogP contribution in [0.15, 0.2) is 28.7 Å². The third kappa shape index (κ3) is 3.94. The number of nitrogens with one attached hydrogen (secondary N) is 1. The first-order valence-corrected chi connectivity index (χ1v) is 6.10. The zero-order valence-corrected chi connectivity index (χ0v) is 10.8. The molecule has 1 amide bonds. The lowest BCUT2D eigenvalue weighted by atomic mass is 10.1. The molecule has 0 aliphatic rings. The topological polar surface area (TPSA) is 49.3 Å². The van der Waals surface area contributed by atoms with Crippen LogP contribution >= 0.6 is 15.9 Å². The highest BCUT2D eigenvalue weighted by atomic mass is 79.9. The summed E-state index contributed by atoms with van der Waals surface area (Å²) in [6, 6.07) is 7.48. The average Bonchev–Trinajstić information content (AvgIpc) is 2.29. The molecule has 0 aliphatic heterocycles. The molecule has 88 valence electrons. The number of rotatable bonds is 5. The Morgan fingerprint density at radius 3 is 2.75 bits per heavy atom. The van der Waals surface area contributed by atoms with E-state index >= 15 is 0 Å². The van der Waals surface area contributed by atoms with Gasteiger partial charge in [-0.1, -0.05) is 41.1 Å². The molecular weight excluding hydrogens is 270 g/mol. The highest BCUT2D eigenvalue weighted by molar-refractivity contribution is 9.10. The molecule has 1 aromatic carbocycles. The van der Waals surface area contributed by atoms with Crippen molar-refractivity contribution in [1.29, 1.82) is 0 Å². The summed E-state index contributed by atoms with van der Waals surface area (Å²) in [4.78, 5) is 11.6. The lowest BCUT2D eigenvalue weighted by Gasteiger charge is -2.14. The Hall–Kier alpha value is -0.870. The third-order valence-electron chi connectivity index (χ3n) is 2.39. The number of benzene rings is 1. The van der Waals surface area contributed by atoms with Gasteiger partial charge in [-0.2, -0.15) is 0 Å². The summed E-state index contributed by atoms with van der Waals surface area (Å²) >= 11 is 3.40. The Labute approximate surface area is 104 Å². The predicted octanol–water partition coefficient (Wildman–Crippen LogP) is 1.88. The Morgan fingerprint density at radius 2 is 2.19 bits per heavy atom. The van der Waals surface area contributed by atoms with Gasteiger partial charge in [0.05, 0.1) is 19.1 Å². The lowest BCUT2D eigenvalue weighted by molar-refractivity contribution is -0.121. The van der Waals surface area contributed by atoms with Gasteiger partial charge < -0.3 is 10.4 Å². The van der Waals surface area contributed by atoms with Crippen molar-refractivity contribution >= 4 is 21.8 Å². The fourth-order valence-corrected chi connectivity index (χ4v) is 1.80. The maximum atomic E-state index is 11.6. The van der Waals surface area contributed by atoms with Crippen molar-refractivity contribution in [3.05, 3.63) is 34.3 Å². The smallest absolute Gasteiger partial charge is 0.224 e. The van der Waals surface area contributed by atoms with Gasteiger partial charge >= 0.3 is 0 Å². The Balaban J connectivity index is 2.55. The SMILES string of the molecule is CCC(CO)NC(=O)Cc1ccccc1Br. The van der Waals surface area contributed by atoms with Crippen molar-refractivity contribution in [3.63, 3.8) is 0 Å². The van der Waals surface area contributed by atoms with Gasteiger partial charge in [0.15, 0.2) is 0 Å². The molecular formula is C12H16BrNO2. The van der Waals surface area contributed by atoms with Crippen LogP contribution in [0.25, 0.3) is 0 Å². The summed E-state index contributed by atoms with van der Waals surface area (Å²) < 4.78 is 0.933. The summed E-state index contributed by atoms with van der Waals surface area (Å²) in [5.41, 5.74) is 0.952. The Bertz CT molecular complexity index is 351. The molecule has 3 nitrogen and oxygen atoms in total. The maximum Gasteiger partial charge on any atom is 0.224 e. The van der Waals surface area contributed by atoms with Crippen LogP contribution in [0.1, 0.15) is 18.9 Å². The van der Waals surface area contributed by atoms with Gasteiger partial charge in [-0.25, -0.2) is 0 Å². The fourth-order valence-electron chi connectivity index (χ4n) is 1.37. The van der Waals surface area contributed by atoms with Gasteiger partial charge in [0.25, 0.3) is 0 Å². The van der Waals surface area contributed by atoms with Crippen LogP contribution in [0, 0.1) is 0 Å². The van der Waals surface area contributed by atoms with E-state index in [2.05, 4.69) is 21.2 Å². The molecule has 1 rings (SSSR count). The highest BCUT2D eigenvalue weighted by Gasteiger charge is 2.10. The van der Waals surface area contributed by atoms with Crippen molar-refractivity contribution in [3.8, 4) is 0 Å². The predicted molar refractivity (Wildman–Crippen MR) is 67.2 cm³/mol. The molecule has 0 saturated carbocycles. The quantitative estimate of drug-likeness (QED) is 0.868. The van der Waals surface area contributed by atoms with Crippen molar-refractivity contribution in [1.82, 2.24) is 5.32 Å². The minimum Gasteiger partial charge on any atom is -0.394 e. The number of amides is 1. The molecule has 0 aliphatic carbocycles. The molecule has 0 fully saturated rings. The molecule has 0 aromatic heterocycles. The van der Waals surface area contributed by atoms with Crippen LogP contribution in [0.5, 0.6) is 0 Å². The zero-order valence-electron chi connectivity index (χ0n) is 9.24. The normalized spacial score (nSPS) is 12.2. The third-order valence-corrected chi connectivity index (χ3v) is 3.16. The van der Waals surface area contributed by atoms with E-state index in [0.29, 0.717) is 6.42 Å². The summed E-state index contributed by atoms with van der Waals surface area (Å²) in [7, 11) is 0. The fraction of sp³-hybridized carbons (Fsp3) is 0.417. The van der Waals surface area contributed by atoms with Crippen LogP contribution in [-0.4, -0.2) is 23.7 Å². The number of hydrogen-bond donors (Lipinski definition) is 2. The maximum absolute atomic E-state index is 11.6. The molecule has 1 atom stereocenters. The first kappa shape index (κ1) is 13.2. The van der Waals surface area contributed by atoms with Crippen LogP contribution < -0.4 is 5.32 Å². The molecule has 0 bridgehead atoms. The van der Waals surface area contributed by atoms with Gasteiger partial charge in [0.2, 0.25) is 5.91 Å². The second kappa shape index (κ2) is 6.66. The molecule has 1 aromatic rings. The molecule has 1 unspecified atom stereocenters. The van der Waals surface area contributed by atoms with Crippen LogP contribution in [0.2, 0.25) is 0 Å². The number of carbonyl (C=O) groups excluding carboxylic acids is 1. The molecule has 4 heteroatoms. The molecule has 2 N–H and O–H groups in total. The van der Waals surface area contributed by atoms with E-state index in [1.165, 1.54) is 0 Å². The van der Waals surface area contributed by atoms with Crippen molar-refractivity contribution in [2.75, 3.05) is 6.61 Å². The molecule has 16 heavy (non-hydrogen) atoms. The number of aliphatic hydroxyl groups excluding tert-OH is 1. The Kier molecular flexibility index (Phi) is 5.49. The van der Waals surface area contributed by atoms with Crippen LogP contribution in [0.3, 0.4) is 0 Å². The van der Waals surface area contributed by atoms with Gasteiger partial charge in [0, 0.05) is 4.47 Å². The number of carbonyl (C=O) groups is 1. The van der Waals surface area contributed by atoms with Gasteiger partial charge in [0.1, 0.15) is 0 Å². The average molecular weight is 286 g/mol. The standard InChI is InChI=1S/C12H16BrNO2/c1-2-10(8-15)14-12(16)7-9-5-3-4-6-11(9)13/h3-6,10,15H,2,7-8H2,1H3,(H,14,16). The summed E-state index contributed by atoms with van der Waals surface area (Å²) in [6.45, 7) is 1.91. The van der Waals surface area contributed by atoms with E-state index in [-0.39, 0.29) is 18.6 Å². The minimum absolute atomic E-state index is 0.0157. The van der Waals surface area contributed by atoms with E-state index in [1.807, 2.05) is 31.2 Å². The van der Waals surface area contributed by atoms with E-state index < -0.39 is 0 Å². The van der Waals surface area contributed by atoms with Crippen LogP contribution in [-0.2, 0) is 11.2 Å². The largest absolute Gasteiger partial charge is 0.394 e. The van der Waals surface area contributed by atoms with E-state index in [0.717, 1.165) is 16.5 Å². The van der Waals surface area contributed by atoms with Crippen molar-refractivity contribution < 1.29 is 9.90 Å². The van der Waals surface area contributed by atoms with E-state index in [9.17, 15) is 4.79 Å². The molecule has 0 saturated heterocycles. The summed E-state index contributed by atoms with van der Waals surface area (Å²) in [5, 5.41) is 11.8. The number of aliphatic hydroxyl groups is 1. The first-order chi connectivity index (χ1) is 7.67. The second-order valence-electron chi connectivity index (χ2n) is 3.62. The first-order valence-electron chi connectivity index (χ1n) is 5.31. The summed E-state index contributed by atoms with van der Waals surface area (Å²) in [5.74, 6) is -0.0622. The van der Waals surface area contributed by atoms with Gasteiger partial charge in [-0.15, -0.1) is 0 Å². The zero-order chi connectivity index (χ0) is 12.0.